The van der Waals surface area contributed by atoms with Crippen molar-refractivity contribution in [3.05, 3.63) is 11.7 Å². The van der Waals surface area contributed by atoms with Crippen LogP contribution < -0.4 is 5.73 Å². The molecular weight excluding hydrogens is 246 g/mol. The van der Waals surface area contributed by atoms with Gasteiger partial charge in [0.25, 0.3) is 0 Å². The van der Waals surface area contributed by atoms with E-state index in [0.29, 0.717) is 30.8 Å². The smallest absolute Gasteiger partial charge is 0.243 e. The van der Waals surface area contributed by atoms with Crippen molar-refractivity contribution >= 4 is 0 Å². The van der Waals surface area contributed by atoms with Crippen molar-refractivity contribution in [2.75, 3.05) is 20.3 Å². The summed E-state index contributed by atoms with van der Waals surface area (Å²) in [5, 5.41) is 4.07. The first-order valence-electron chi connectivity index (χ1n) is 6.85. The van der Waals surface area contributed by atoms with Crippen LogP contribution in [0.3, 0.4) is 0 Å². The van der Waals surface area contributed by atoms with E-state index in [9.17, 15) is 0 Å². The molecule has 0 bridgehead atoms. The van der Waals surface area contributed by atoms with Crippen LogP contribution in [-0.2, 0) is 15.1 Å². The molecule has 6 heteroatoms. The average molecular weight is 269 g/mol. The maximum absolute atomic E-state index is 6.11. The second-order valence-corrected chi connectivity index (χ2v) is 5.18. The number of nitrogens with two attached hydrogens (primary N) is 1. The van der Waals surface area contributed by atoms with Crippen molar-refractivity contribution in [1.29, 1.82) is 0 Å². The van der Waals surface area contributed by atoms with Crippen LogP contribution in [0.4, 0.5) is 0 Å². The molecule has 2 unspecified atom stereocenters. The Balaban J connectivity index is 2.19. The Labute approximate surface area is 113 Å². The zero-order chi connectivity index (χ0) is 13.9. The Hall–Kier alpha value is -0.980. The summed E-state index contributed by atoms with van der Waals surface area (Å²) in [5.41, 5.74) is 5.62. The van der Waals surface area contributed by atoms with Crippen molar-refractivity contribution < 1.29 is 14.0 Å². The van der Waals surface area contributed by atoms with Crippen LogP contribution in [0.1, 0.15) is 50.9 Å². The molecule has 1 aromatic heterocycles. The molecule has 0 amide bonds. The topological polar surface area (TPSA) is 83.4 Å². The molecule has 0 aromatic carbocycles. The van der Waals surface area contributed by atoms with Gasteiger partial charge >= 0.3 is 0 Å². The molecule has 108 valence electrons. The quantitative estimate of drug-likeness (QED) is 0.877. The fourth-order valence-corrected chi connectivity index (χ4v) is 2.27. The summed E-state index contributed by atoms with van der Waals surface area (Å²) >= 11 is 0. The number of methoxy groups -OCH3 is 1. The Kier molecular flexibility index (Phi) is 4.54. The number of aromatic nitrogens is 2. The summed E-state index contributed by atoms with van der Waals surface area (Å²) in [5.74, 6) is 1.39. The van der Waals surface area contributed by atoms with Crippen molar-refractivity contribution in [2.24, 2.45) is 11.7 Å². The Morgan fingerprint density at radius 3 is 2.68 bits per heavy atom. The first kappa shape index (κ1) is 14.4. The lowest BCUT2D eigenvalue weighted by Crippen LogP contribution is -2.36. The molecule has 2 atom stereocenters. The average Bonchev–Trinajstić information content (AvgIpc) is 2.96. The predicted molar refractivity (Wildman–Crippen MR) is 69.4 cm³/mol. The van der Waals surface area contributed by atoms with E-state index in [2.05, 4.69) is 24.0 Å². The third-order valence-electron chi connectivity index (χ3n) is 4.08. The third kappa shape index (κ3) is 2.80. The summed E-state index contributed by atoms with van der Waals surface area (Å²) < 4.78 is 16.3. The van der Waals surface area contributed by atoms with Crippen LogP contribution in [-0.4, -0.2) is 30.5 Å². The number of hydrogen-bond acceptors (Lipinski definition) is 6. The highest BCUT2D eigenvalue weighted by Gasteiger charge is 2.39. The highest BCUT2D eigenvalue weighted by atomic mass is 16.5. The molecule has 1 aliphatic rings. The minimum absolute atomic E-state index is 0.222. The third-order valence-corrected chi connectivity index (χ3v) is 4.08. The molecule has 2 rings (SSSR count). The maximum Gasteiger partial charge on any atom is 0.243 e. The molecule has 1 aromatic rings. The Bertz CT molecular complexity index is 402. The second-order valence-electron chi connectivity index (χ2n) is 5.18. The molecule has 1 aliphatic heterocycles. The second kappa shape index (κ2) is 5.98. The zero-order valence-corrected chi connectivity index (χ0v) is 11.9. The SMILES string of the molecule is CCC(C)C(N)c1nc(C2(OC)CCOCC2)no1. The molecule has 0 spiro atoms. The van der Waals surface area contributed by atoms with E-state index in [-0.39, 0.29) is 6.04 Å². The summed E-state index contributed by atoms with van der Waals surface area (Å²) in [6.45, 7) is 5.47. The number of nitrogens with zero attached hydrogens (tertiary/aromatic N) is 2. The lowest BCUT2D eigenvalue weighted by atomic mass is 9.93. The van der Waals surface area contributed by atoms with E-state index in [1.165, 1.54) is 0 Å². The van der Waals surface area contributed by atoms with Gasteiger partial charge in [0.15, 0.2) is 0 Å². The van der Waals surface area contributed by atoms with E-state index in [0.717, 1.165) is 19.3 Å². The van der Waals surface area contributed by atoms with Gasteiger partial charge in [0.05, 0.1) is 6.04 Å². The van der Waals surface area contributed by atoms with Gasteiger partial charge < -0.3 is 19.7 Å². The van der Waals surface area contributed by atoms with Crippen LogP contribution in [0.5, 0.6) is 0 Å². The first-order chi connectivity index (χ1) is 9.13. The molecule has 0 radical (unpaired) electrons. The number of ether oxygens (including phenoxy) is 2. The Morgan fingerprint density at radius 1 is 1.42 bits per heavy atom. The van der Waals surface area contributed by atoms with Crippen LogP contribution in [0.2, 0.25) is 0 Å². The summed E-state index contributed by atoms with van der Waals surface area (Å²) in [4.78, 5) is 4.46. The highest BCUT2D eigenvalue weighted by Crippen LogP contribution is 2.34. The molecule has 6 nitrogen and oxygen atoms in total. The van der Waals surface area contributed by atoms with Crippen molar-refractivity contribution in [2.45, 2.75) is 44.8 Å². The highest BCUT2D eigenvalue weighted by molar-refractivity contribution is 5.05. The lowest BCUT2D eigenvalue weighted by molar-refractivity contribution is -0.101. The number of rotatable bonds is 5. The van der Waals surface area contributed by atoms with Gasteiger partial charge in [-0.2, -0.15) is 4.98 Å². The minimum atomic E-state index is -0.491. The largest absolute Gasteiger partial charge is 0.381 e. The van der Waals surface area contributed by atoms with E-state index in [1.807, 2.05) is 0 Å². The van der Waals surface area contributed by atoms with Gasteiger partial charge in [-0.05, 0) is 5.92 Å². The van der Waals surface area contributed by atoms with Gasteiger partial charge in [0.2, 0.25) is 11.7 Å². The van der Waals surface area contributed by atoms with Crippen LogP contribution in [0, 0.1) is 5.92 Å². The predicted octanol–water partition coefficient (Wildman–Crippen LogP) is 1.77. The van der Waals surface area contributed by atoms with Gasteiger partial charge in [-0.3, -0.25) is 0 Å². The molecule has 0 saturated carbocycles. The molecule has 2 N–H and O–H groups in total. The normalized spacial score (nSPS) is 22.1. The van der Waals surface area contributed by atoms with E-state index < -0.39 is 5.60 Å². The monoisotopic (exact) mass is 269 g/mol. The van der Waals surface area contributed by atoms with Crippen LogP contribution in [0.15, 0.2) is 4.52 Å². The van der Waals surface area contributed by atoms with E-state index in [1.54, 1.807) is 7.11 Å². The molecular formula is C13H23N3O3. The van der Waals surface area contributed by atoms with E-state index >= 15 is 0 Å². The van der Waals surface area contributed by atoms with Gasteiger partial charge in [-0.1, -0.05) is 25.4 Å². The van der Waals surface area contributed by atoms with Crippen molar-refractivity contribution in [3.63, 3.8) is 0 Å². The lowest BCUT2D eigenvalue weighted by Gasteiger charge is -2.32. The van der Waals surface area contributed by atoms with Crippen LogP contribution in [0.25, 0.3) is 0 Å². The fourth-order valence-electron chi connectivity index (χ4n) is 2.27. The maximum atomic E-state index is 6.11. The van der Waals surface area contributed by atoms with Gasteiger partial charge in [0, 0.05) is 33.2 Å². The summed E-state index contributed by atoms with van der Waals surface area (Å²) in [6.07, 6.45) is 2.45. The minimum Gasteiger partial charge on any atom is -0.381 e. The van der Waals surface area contributed by atoms with Crippen LogP contribution >= 0.6 is 0 Å². The molecule has 19 heavy (non-hydrogen) atoms. The number of hydrogen-bond donors (Lipinski definition) is 1. The van der Waals surface area contributed by atoms with Gasteiger partial charge in [0.1, 0.15) is 5.60 Å². The Morgan fingerprint density at radius 2 is 2.11 bits per heavy atom. The molecule has 0 aliphatic carbocycles. The molecule has 1 fully saturated rings. The molecule has 2 heterocycles. The zero-order valence-electron chi connectivity index (χ0n) is 11.9. The first-order valence-corrected chi connectivity index (χ1v) is 6.85. The van der Waals surface area contributed by atoms with Crippen molar-refractivity contribution in [3.8, 4) is 0 Å². The van der Waals surface area contributed by atoms with Gasteiger partial charge in [-0.15, -0.1) is 0 Å². The van der Waals surface area contributed by atoms with Crippen molar-refractivity contribution in [1.82, 2.24) is 10.1 Å². The van der Waals surface area contributed by atoms with Gasteiger partial charge in [-0.25, -0.2) is 0 Å². The fraction of sp³-hybridized carbons (Fsp3) is 0.846. The summed E-state index contributed by atoms with van der Waals surface area (Å²) in [7, 11) is 1.68. The molecule has 1 saturated heterocycles. The van der Waals surface area contributed by atoms with E-state index in [4.69, 9.17) is 19.7 Å². The summed E-state index contributed by atoms with van der Waals surface area (Å²) in [6, 6.07) is -0.222. The standard InChI is InChI=1S/C13H23N3O3/c1-4-9(2)10(14)11-15-12(16-19-11)13(17-3)5-7-18-8-6-13/h9-10H,4-8,14H2,1-3H3.